The van der Waals surface area contributed by atoms with Crippen LogP contribution in [-0.2, 0) is 6.42 Å². The Morgan fingerprint density at radius 3 is 3.09 bits per heavy atom. The summed E-state index contributed by atoms with van der Waals surface area (Å²) < 4.78 is 0. The molecule has 0 amide bonds. The summed E-state index contributed by atoms with van der Waals surface area (Å²) in [6.45, 7) is 0. The molecule has 0 atom stereocenters. The van der Waals surface area contributed by atoms with Gasteiger partial charge in [-0.3, -0.25) is 0 Å². The Kier molecular flexibility index (Phi) is 1.74. The highest BCUT2D eigenvalue weighted by atomic mass is 32.1. The molecular weight excluding hydrogens is 152 g/mol. The maximum atomic E-state index is 4.28. The Labute approximate surface area is 72.4 Å². The molecule has 0 spiro atoms. The molecule has 1 heteroatoms. The summed E-state index contributed by atoms with van der Waals surface area (Å²) in [7, 11) is 0. The smallest absolute Gasteiger partial charge is 0.0125 e. The van der Waals surface area contributed by atoms with Crippen LogP contribution in [0.15, 0.2) is 35.2 Å². The molecule has 1 aliphatic carbocycles. The fraction of sp³-hybridized carbons (Fsp3) is 0.100. The molecule has 0 nitrogen and oxygen atoms in total. The highest BCUT2D eigenvalue weighted by Gasteiger charge is 2.03. The minimum atomic E-state index is 1.04. The molecule has 0 unspecified atom stereocenters. The summed E-state index contributed by atoms with van der Waals surface area (Å²) in [5.74, 6) is 0. The summed E-state index contributed by atoms with van der Waals surface area (Å²) in [6, 6.07) is 6.26. The van der Waals surface area contributed by atoms with Gasteiger partial charge in [-0.2, -0.15) is 0 Å². The molecule has 1 aromatic carbocycles. The number of hydrogen-bond donors (Lipinski definition) is 1. The number of rotatable bonds is 0. The first-order chi connectivity index (χ1) is 5.36. The van der Waals surface area contributed by atoms with E-state index >= 15 is 0 Å². The second-order valence-corrected chi connectivity index (χ2v) is 3.20. The lowest BCUT2D eigenvalue weighted by atomic mass is 9.97. The molecule has 0 saturated heterocycles. The van der Waals surface area contributed by atoms with Gasteiger partial charge < -0.3 is 0 Å². The maximum Gasteiger partial charge on any atom is 0.0125 e. The monoisotopic (exact) mass is 161 g/mol. The maximum absolute atomic E-state index is 4.28. The Bertz CT molecular complexity index is 300. The highest BCUT2D eigenvalue weighted by Crippen LogP contribution is 2.20. The topological polar surface area (TPSA) is 0 Å². The van der Waals surface area contributed by atoms with Crippen molar-refractivity contribution in [3.8, 4) is 0 Å². The first-order valence-corrected chi connectivity index (χ1v) is 4.13. The van der Waals surface area contributed by atoms with Crippen LogP contribution in [0.5, 0.6) is 0 Å². The van der Waals surface area contributed by atoms with Gasteiger partial charge in [0.25, 0.3) is 0 Å². The minimum absolute atomic E-state index is 1.04. The molecule has 0 saturated carbocycles. The first-order valence-electron chi connectivity index (χ1n) is 3.68. The van der Waals surface area contributed by atoms with Gasteiger partial charge in [0.15, 0.2) is 0 Å². The third kappa shape index (κ3) is 1.33. The van der Waals surface area contributed by atoms with E-state index in [1.165, 1.54) is 11.1 Å². The zero-order valence-electron chi connectivity index (χ0n) is 6.12. The highest BCUT2D eigenvalue weighted by molar-refractivity contribution is 7.80. The van der Waals surface area contributed by atoms with Gasteiger partial charge in [0.2, 0.25) is 0 Å². The van der Waals surface area contributed by atoms with Gasteiger partial charge in [0.1, 0.15) is 0 Å². The fourth-order valence-corrected chi connectivity index (χ4v) is 1.53. The van der Waals surface area contributed by atoms with Crippen molar-refractivity contribution in [2.24, 2.45) is 0 Å². The Morgan fingerprint density at radius 1 is 1.27 bits per heavy atom. The summed E-state index contributed by atoms with van der Waals surface area (Å²) in [5.41, 5.74) is 2.70. The first kappa shape index (κ1) is 6.99. The Hall–Kier alpha value is -0.690. The van der Waals surface area contributed by atoms with Crippen molar-refractivity contribution < 1.29 is 0 Å². The van der Waals surface area contributed by atoms with Crippen LogP contribution >= 0.6 is 12.6 Å². The van der Waals surface area contributed by atoms with Crippen LogP contribution in [0, 0.1) is 6.42 Å². The molecule has 0 heterocycles. The third-order valence-corrected chi connectivity index (χ3v) is 2.15. The van der Waals surface area contributed by atoms with E-state index in [4.69, 9.17) is 0 Å². The number of thiol groups is 1. The van der Waals surface area contributed by atoms with Crippen LogP contribution in [0.4, 0.5) is 0 Å². The largest absolute Gasteiger partial charge is 0.143 e. The average Bonchev–Trinajstić information content (AvgIpc) is 2.04. The van der Waals surface area contributed by atoms with Crippen LogP contribution < -0.4 is 0 Å². The standard InChI is InChI=1S/C10H9S/c11-10-6-5-8-3-1-2-4-9(8)7-10/h1-3,5-7,11H,4H2. The zero-order valence-corrected chi connectivity index (χ0v) is 7.01. The van der Waals surface area contributed by atoms with Crippen molar-refractivity contribution in [2.45, 2.75) is 11.3 Å². The molecule has 55 valence electrons. The van der Waals surface area contributed by atoms with Crippen LogP contribution in [0.2, 0.25) is 0 Å². The molecule has 2 rings (SSSR count). The Balaban J connectivity index is 2.48. The second kappa shape index (κ2) is 2.74. The van der Waals surface area contributed by atoms with Gasteiger partial charge in [0.05, 0.1) is 0 Å². The van der Waals surface area contributed by atoms with Gasteiger partial charge in [-0.15, -0.1) is 12.6 Å². The molecule has 0 bridgehead atoms. The number of benzene rings is 1. The Morgan fingerprint density at radius 2 is 2.18 bits per heavy atom. The van der Waals surface area contributed by atoms with Crippen LogP contribution in [0.3, 0.4) is 0 Å². The van der Waals surface area contributed by atoms with E-state index < -0.39 is 0 Å². The molecule has 0 aliphatic heterocycles. The van der Waals surface area contributed by atoms with Crippen molar-refractivity contribution in [2.75, 3.05) is 0 Å². The lowest BCUT2D eigenvalue weighted by Crippen LogP contribution is -1.94. The average molecular weight is 161 g/mol. The molecule has 1 aromatic rings. The van der Waals surface area contributed by atoms with Crippen LogP contribution in [0.25, 0.3) is 0 Å². The summed E-state index contributed by atoms with van der Waals surface area (Å²) in [4.78, 5) is 1.05. The lowest BCUT2D eigenvalue weighted by Gasteiger charge is -2.09. The van der Waals surface area contributed by atoms with E-state index in [-0.39, 0.29) is 0 Å². The lowest BCUT2D eigenvalue weighted by molar-refractivity contribution is 1.17. The van der Waals surface area contributed by atoms with E-state index in [0.29, 0.717) is 0 Å². The van der Waals surface area contributed by atoms with Gasteiger partial charge in [-0.1, -0.05) is 18.2 Å². The SMILES string of the molecule is Sc1ccc2c(c1)CC=C[CH]2. The van der Waals surface area contributed by atoms with Crippen LogP contribution in [0.1, 0.15) is 11.1 Å². The zero-order chi connectivity index (χ0) is 7.68. The predicted octanol–water partition coefficient (Wildman–Crippen LogP) is 2.64. The van der Waals surface area contributed by atoms with Gasteiger partial charge in [0, 0.05) is 11.3 Å². The summed E-state index contributed by atoms with van der Waals surface area (Å²) in [6.07, 6.45) is 7.43. The number of allylic oxidation sites excluding steroid dienone is 2. The van der Waals surface area contributed by atoms with Crippen molar-refractivity contribution in [1.29, 1.82) is 0 Å². The van der Waals surface area contributed by atoms with E-state index in [9.17, 15) is 0 Å². The van der Waals surface area contributed by atoms with Crippen LogP contribution in [-0.4, -0.2) is 0 Å². The van der Waals surface area contributed by atoms with Crippen molar-refractivity contribution in [3.63, 3.8) is 0 Å². The summed E-state index contributed by atoms with van der Waals surface area (Å²) in [5, 5.41) is 0. The van der Waals surface area contributed by atoms with E-state index in [0.717, 1.165) is 11.3 Å². The van der Waals surface area contributed by atoms with Gasteiger partial charge in [-0.05, 0) is 29.7 Å². The summed E-state index contributed by atoms with van der Waals surface area (Å²) >= 11 is 4.28. The quantitative estimate of drug-likeness (QED) is 0.556. The third-order valence-electron chi connectivity index (χ3n) is 1.88. The second-order valence-electron chi connectivity index (χ2n) is 2.68. The predicted molar refractivity (Wildman–Crippen MR) is 49.9 cm³/mol. The molecule has 11 heavy (non-hydrogen) atoms. The van der Waals surface area contributed by atoms with Crippen molar-refractivity contribution in [1.82, 2.24) is 0 Å². The normalized spacial score (nSPS) is 14.6. The molecular formula is C10H9S. The minimum Gasteiger partial charge on any atom is -0.143 e. The van der Waals surface area contributed by atoms with E-state index in [1.807, 2.05) is 6.07 Å². The van der Waals surface area contributed by atoms with Crippen molar-refractivity contribution in [3.05, 3.63) is 47.9 Å². The van der Waals surface area contributed by atoms with Gasteiger partial charge in [-0.25, -0.2) is 0 Å². The fourth-order valence-electron chi connectivity index (χ4n) is 1.30. The van der Waals surface area contributed by atoms with Gasteiger partial charge >= 0.3 is 0 Å². The molecule has 1 radical (unpaired) electrons. The van der Waals surface area contributed by atoms with E-state index in [1.54, 1.807) is 0 Å². The molecule has 1 aliphatic rings. The number of fused-ring (bicyclic) bond motifs is 1. The number of hydrogen-bond acceptors (Lipinski definition) is 1. The van der Waals surface area contributed by atoms with E-state index in [2.05, 4.69) is 43.3 Å². The molecule has 0 fully saturated rings. The molecule has 0 aromatic heterocycles. The van der Waals surface area contributed by atoms with Crippen molar-refractivity contribution >= 4 is 12.6 Å². The molecule has 0 N–H and O–H groups in total.